The third kappa shape index (κ3) is 4.93. The van der Waals surface area contributed by atoms with Crippen LogP contribution >= 0.6 is 11.3 Å². The molecular formula is C23H15IrN2O2S-. The number of para-hydroxylation sites is 1. The zero-order valence-corrected chi connectivity index (χ0v) is 18.3. The largest absolute Gasteiger partial charge is 0.477 e. The van der Waals surface area contributed by atoms with E-state index < -0.39 is 5.97 Å². The van der Waals surface area contributed by atoms with Crippen LogP contribution in [0.3, 0.4) is 0 Å². The van der Waals surface area contributed by atoms with E-state index in [1.807, 2.05) is 48.7 Å². The first kappa shape index (κ1) is 20.8. The second kappa shape index (κ2) is 9.52. The van der Waals surface area contributed by atoms with Crippen LogP contribution in [0.1, 0.15) is 10.5 Å². The fourth-order valence-electron chi connectivity index (χ4n) is 2.72. The van der Waals surface area contributed by atoms with Crippen molar-refractivity contribution in [1.82, 2.24) is 9.97 Å². The third-order valence-corrected chi connectivity index (χ3v) is 5.15. The van der Waals surface area contributed by atoms with E-state index in [4.69, 9.17) is 5.11 Å². The molecule has 0 aliphatic rings. The second-order valence-corrected chi connectivity index (χ2v) is 7.01. The van der Waals surface area contributed by atoms with E-state index in [1.54, 1.807) is 23.5 Å². The molecule has 0 spiro atoms. The molecule has 0 unspecified atom stereocenters. The van der Waals surface area contributed by atoms with Crippen LogP contribution in [-0.4, -0.2) is 21.0 Å². The summed E-state index contributed by atoms with van der Waals surface area (Å²) in [7, 11) is 0. The van der Waals surface area contributed by atoms with Crippen LogP contribution in [0, 0.1) is 6.07 Å². The van der Waals surface area contributed by atoms with Crippen molar-refractivity contribution >= 4 is 38.3 Å². The monoisotopic (exact) mass is 576 g/mol. The molecule has 0 aliphatic heterocycles. The van der Waals surface area contributed by atoms with Crippen LogP contribution in [0.2, 0.25) is 0 Å². The maximum Gasteiger partial charge on any atom is 0.354 e. The van der Waals surface area contributed by atoms with E-state index in [9.17, 15) is 4.79 Å². The van der Waals surface area contributed by atoms with E-state index in [-0.39, 0.29) is 25.8 Å². The number of aromatic carboxylic acids is 1. The Hall–Kier alpha value is -2.92. The van der Waals surface area contributed by atoms with Crippen molar-refractivity contribution in [3.05, 3.63) is 96.8 Å². The average Bonchev–Trinajstić information content (AvgIpc) is 3.19. The predicted molar refractivity (Wildman–Crippen MR) is 113 cm³/mol. The number of rotatable bonds is 2. The van der Waals surface area contributed by atoms with Gasteiger partial charge in [-0.05, 0) is 27.8 Å². The average molecular weight is 576 g/mol. The molecule has 29 heavy (non-hydrogen) atoms. The minimum absolute atomic E-state index is 0. The Morgan fingerprint density at radius 1 is 0.897 bits per heavy atom. The number of thiophene rings is 1. The van der Waals surface area contributed by atoms with E-state index in [2.05, 4.69) is 34.2 Å². The number of carbonyl (C=O) groups is 1. The van der Waals surface area contributed by atoms with Crippen molar-refractivity contribution in [2.24, 2.45) is 0 Å². The summed E-state index contributed by atoms with van der Waals surface area (Å²) in [5.41, 5.74) is 1.79. The predicted octanol–water partition coefficient (Wildman–Crippen LogP) is 5.69. The molecule has 5 rings (SSSR count). The van der Waals surface area contributed by atoms with E-state index in [1.165, 1.54) is 16.2 Å². The molecule has 6 heteroatoms. The van der Waals surface area contributed by atoms with Crippen LogP contribution in [0.4, 0.5) is 0 Å². The molecule has 4 nitrogen and oxygen atoms in total. The summed E-state index contributed by atoms with van der Waals surface area (Å²) in [6.07, 6.45) is 1.81. The van der Waals surface area contributed by atoms with Crippen molar-refractivity contribution < 1.29 is 30.0 Å². The molecule has 1 radical (unpaired) electrons. The van der Waals surface area contributed by atoms with Gasteiger partial charge >= 0.3 is 5.97 Å². The molecule has 1 N–H and O–H groups in total. The maximum atomic E-state index is 10.6. The molecule has 5 aromatic rings. The number of hydrogen-bond acceptors (Lipinski definition) is 4. The summed E-state index contributed by atoms with van der Waals surface area (Å²) in [4.78, 5) is 20.0. The van der Waals surface area contributed by atoms with Gasteiger partial charge in [-0.25, -0.2) is 21.1 Å². The third-order valence-electron chi connectivity index (χ3n) is 4.06. The Labute approximate surface area is 185 Å². The molecule has 0 bridgehead atoms. The van der Waals surface area contributed by atoms with Gasteiger partial charge < -0.3 is 10.1 Å². The fourth-order valence-corrected chi connectivity index (χ4v) is 3.70. The van der Waals surface area contributed by atoms with E-state index >= 15 is 0 Å². The summed E-state index contributed by atoms with van der Waals surface area (Å²) in [5.74, 6) is -0.995. The van der Waals surface area contributed by atoms with Gasteiger partial charge in [-0.3, -0.25) is 0 Å². The first-order valence-corrected chi connectivity index (χ1v) is 9.44. The first-order valence-electron chi connectivity index (χ1n) is 8.62. The minimum atomic E-state index is -0.995. The smallest absolute Gasteiger partial charge is 0.354 e. The van der Waals surface area contributed by atoms with Crippen molar-refractivity contribution in [3.63, 3.8) is 0 Å². The van der Waals surface area contributed by atoms with Crippen LogP contribution in [0.25, 0.3) is 31.6 Å². The first-order chi connectivity index (χ1) is 13.7. The minimum Gasteiger partial charge on any atom is -0.477 e. The van der Waals surface area contributed by atoms with Gasteiger partial charge in [0.05, 0.1) is 5.52 Å². The van der Waals surface area contributed by atoms with Gasteiger partial charge in [0.15, 0.2) is 0 Å². The van der Waals surface area contributed by atoms with Crippen LogP contribution in [0.5, 0.6) is 0 Å². The molecule has 0 saturated carbocycles. The van der Waals surface area contributed by atoms with Gasteiger partial charge in [-0.15, -0.1) is 23.6 Å². The molecule has 145 valence electrons. The molecule has 0 atom stereocenters. The zero-order valence-electron chi connectivity index (χ0n) is 15.1. The molecule has 0 saturated heterocycles. The molecule has 0 aliphatic carbocycles. The van der Waals surface area contributed by atoms with Crippen LogP contribution in [-0.2, 0) is 20.1 Å². The standard InChI is InChI=1S/C13H8NS.C10H7NO2.Ir/c1-2-7-12-10(5-1)9-13(15-12)11-6-3-4-8-14-11;12-10(13)9-6-5-7-3-1-2-4-8(7)11-9;/h1-8H;1-6H,(H,12,13);/q-1;;. The van der Waals surface area contributed by atoms with Crippen molar-refractivity contribution in [2.45, 2.75) is 0 Å². The number of hydrogen-bond donors (Lipinski definition) is 1. The molecule has 3 heterocycles. The van der Waals surface area contributed by atoms with Gasteiger partial charge in [0.2, 0.25) is 0 Å². The normalized spacial score (nSPS) is 10.1. The maximum absolute atomic E-state index is 10.6. The van der Waals surface area contributed by atoms with Crippen LogP contribution < -0.4 is 0 Å². The molecule has 0 fully saturated rings. The van der Waals surface area contributed by atoms with E-state index in [0.717, 1.165) is 16.0 Å². The van der Waals surface area contributed by atoms with Crippen molar-refractivity contribution in [3.8, 4) is 10.6 Å². The van der Waals surface area contributed by atoms with Gasteiger partial charge in [0, 0.05) is 37.4 Å². The molecule has 2 aromatic carbocycles. The Bertz CT molecular complexity index is 1220. The number of aromatic nitrogens is 2. The molecular weight excluding hydrogens is 561 g/mol. The Morgan fingerprint density at radius 2 is 1.66 bits per heavy atom. The molecule has 0 amide bonds. The SMILES string of the molecule is O=C(O)c1ccc2ccccc2n1.[Ir].[c-]1c(-c2ccccn2)sc2ccccc12. The summed E-state index contributed by atoms with van der Waals surface area (Å²) in [6, 6.07) is 28.3. The van der Waals surface area contributed by atoms with Gasteiger partial charge in [-0.2, -0.15) is 0 Å². The number of fused-ring (bicyclic) bond motifs is 2. The summed E-state index contributed by atoms with van der Waals surface area (Å²) < 4.78 is 1.26. The quantitative estimate of drug-likeness (QED) is 0.275. The number of carboxylic acid groups (broad SMARTS) is 1. The van der Waals surface area contributed by atoms with Crippen LogP contribution in [0.15, 0.2) is 85.1 Å². The topological polar surface area (TPSA) is 63.1 Å². The fraction of sp³-hybridized carbons (Fsp3) is 0. The summed E-state index contributed by atoms with van der Waals surface area (Å²) >= 11 is 1.73. The van der Waals surface area contributed by atoms with E-state index in [0.29, 0.717) is 5.52 Å². The van der Waals surface area contributed by atoms with Gasteiger partial charge in [0.1, 0.15) is 5.69 Å². The Morgan fingerprint density at radius 3 is 2.41 bits per heavy atom. The Balaban J connectivity index is 0.000000162. The number of nitrogens with zero attached hydrogens (tertiary/aromatic N) is 2. The second-order valence-electron chi connectivity index (χ2n) is 5.96. The number of benzene rings is 2. The van der Waals surface area contributed by atoms with Crippen molar-refractivity contribution in [2.75, 3.05) is 0 Å². The summed E-state index contributed by atoms with van der Waals surface area (Å²) in [5, 5.41) is 10.8. The van der Waals surface area contributed by atoms with Crippen molar-refractivity contribution in [1.29, 1.82) is 0 Å². The zero-order chi connectivity index (χ0) is 19.3. The number of pyridine rings is 2. The van der Waals surface area contributed by atoms with Gasteiger partial charge in [0.25, 0.3) is 0 Å². The number of carboxylic acids is 1. The molecule has 3 aromatic heterocycles. The van der Waals surface area contributed by atoms with Gasteiger partial charge in [-0.1, -0.05) is 48.5 Å². The summed E-state index contributed by atoms with van der Waals surface area (Å²) in [6.45, 7) is 0. The Kier molecular flexibility index (Phi) is 6.83.